The maximum atomic E-state index is 10.1. The molecule has 0 bridgehead atoms. The van der Waals surface area contributed by atoms with Crippen LogP contribution in [0.15, 0.2) is 18.2 Å². The van der Waals surface area contributed by atoms with Crippen molar-refractivity contribution in [1.82, 2.24) is 0 Å². The fourth-order valence-corrected chi connectivity index (χ4v) is 3.70. The van der Waals surface area contributed by atoms with Gasteiger partial charge in [0.05, 0.1) is 6.61 Å². The lowest BCUT2D eigenvalue weighted by atomic mass is 10.0. The van der Waals surface area contributed by atoms with E-state index in [4.69, 9.17) is 4.74 Å². The summed E-state index contributed by atoms with van der Waals surface area (Å²) >= 11 is 0. The van der Waals surface area contributed by atoms with Crippen LogP contribution in [0.3, 0.4) is 0 Å². The van der Waals surface area contributed by atoms with Crippen LogP contribution in [0.25, 0.3) is 0 Å². The Hall–Kier alpha value is -1.18. The van der Waals surface area contributed by atoms with Gasteiger partial charge in [-0.15, -0.1) is 0 Å². The molecule has 0 heterocycles. The summed E-state index contributed by atoms with van der Waals surface area (Å²) in [5, 5.41) is 10.1. The first kappa shape index (κ1) is 24.9. The normalized spacial score (nSPS) is 11.1. The van der Waals surface area contributed by atoms with Crippen molar-refractivity contribution in [2.45, 2.75) is 123 Å². The predicted molar refractivity (Wildman–Crippen MR) is 123 cm³/mol. The standard InChI is InChI=1S/C26H46O2/c1-3-5-7-8-9-10-11-12-13-14-15-16-17-18-19-24-23-25(20-21-26(24)27)28-22-6-4-2/h20-21,23,27H,3-19,22H2,1-2H3. The molecule has 0 unspecified atom stereocenters. The molecule has 0 radical (unpaired) electrons. The summed E-state index contributed by atoms with van der Waals surface area (Å²) in [5.74, 6) is 1.31. The van der Waals surface area contributed by atoms with Crippen LogP contribution in [0.5, 0.6) is 11.5 Å². The molecule has 0 spiro atoms. The molecular weight excluding hydrogens is 344 g/mol. The summed E-state index contributed by atoms with van der Waals surface area (Å²) in [4.78, 5) is 0. The van der Waals surface area contributed by atoms with E-state index in [1.54, 1.807) is 6.07 Å². The molecule has 1 N–H and O–H groups in total. The predicted octanol–water partition coefficient (Wildman–Crippen LogP) is 8.59. The molecule has 1 aromatic rings. The average molecular weight is 391 g/mol. The SMILES string of the molecule is CCCCCCCCCCCCCCCCc1cc(OCCCC)ccc1O. The summed E-state index contributed by atoms with van der Waals surface area (Å²) in [5.41, 5.74) is 1.04. The monoisotopic (exact) mass is 390 g/mol. The second-order valence-corrected chi connectivity index (χ2v) is 8.34. The van der Waals surface area contributed by atoms with E-state index in [0.717, 1.165) is 43.6 Å². The molecule has 0 aliphatic heterocycles. The maximum absolute atomic E-state index is 10.1. The quantitative estimate of drug-likeness (QED) is 0.240. The van der Waals surface area contributed by atoms with Crippen LogP contribution in [0.4, 0.5) is 0 Å². The molecule has 2 nitrogen and oxygen atoms in total. The van der Waals surface area contributed by atoms with Crippen LogP contribution in [-0.2, 0) is 6.42 Å². The van der Waals surface area contributed by atoms with Gasteiger partial charge in [0.1, 0.15) is 11.5 Å². The van der Waals surface area contributed by atoms with Crippen LogP contribution in [0.2, 0.25) is 0 Å². The third-order valence-electron chi connectivity index (χ3n) is 5.62. The number of ether oxygens (including phenoxy) is 1. The molecule has 0 saturated heterocycles. The Balaban J connectivity index is 1.97. The fourth-order valence-electron chi connectivity index (χ4n) is 3.70. The van der Waals surface area contributed by atoms with Crippen molar-refractivity contribution >= 4 is 0 Å². The highest BCUT2D eigenvalue weighted by atomic mass is 16.5. The van der Waals surface area contributed by atoms with Gasteiger partial charge in [0.25, 0.3) is 0 Å². The molecule has 1 rings (SSSR count). The van der Waals surface area contributed by atoms with E-state index < -0.39 is 0 Å². The topological polar surface area (TPSA) is 29.5 Å². The summed E-state index contributed by atoms with van der Waals surface area (Å²) in [7, 11) is 0. The lowest BCUT2D eigenvalue weighted by Gasteiger charge is -2.09. The molecule has 0 aliphatic carbocycles. The van der Waals surface area contributed by atoms with E-state index in [0.29, 0.717) is 5.75 Å². The van der Waals surface area contributed by atoms with Gasteiger partial charge in [-0.1, -0.05) is 104 Å². The van der Waals surface area contributed by atoms with Gasteiger partial charge in [0, 0.05) is 0 Å². The molecule has 0 aromatic heterocycles. The van der Waals surface area contributed by atoms with Crippen molar-refractivity contribution in [3.63, 3.8) is 0 Å². The minimum absolute atomic E-state index is 0.414. The first-order valence-electron chi connectivity index (χ1n) is 12.2. The van der Waals surface area contributed by atoms with E-state index in [-0.39, 0.29) is 0 Å². The Bertz CT molecular complexity index is 470. The third kappa shape index (κ3) is 13.1. The third-order valence-corrected chi connectivity index (χ3v) is 5.62. The molecule has 2 heteroatoms. The van der Waals surface area contributed by atoms with Gasteiger partial charge in [-0.05, 0) is 43.0 Å². The number of aryl methyl sites for hydroxylation is 1. The molecule has 28 heavy (non-hydrogen) atoms. The largest absolute Gasteiger partial charge is 0.508 e. The number of aromatic hydroxyl groups is 1. The lowest BCUT2D eigenvalue weighted by Crippen LogP contribution is -1.97. The smallest absolute Gasteiger partial charge is 0.119 e. The highest BCUT2D eigenvalue weighted by Crippen LogP contribution is 2.25. The Morgan fingerprint density at radius 1 is 0.643 bits per heavy atom. The first-order chi connectivity index (χ1) is 13.8. The minimum atomic E-state index is 0.414. The lowest BCUT2D eigenvalue weighted by molar-refractivity contribution is 0.308. The van der Waals surface area contributed by atoms with Gasteiger partial charge in [-0.2, -0.15) is 0 Å². The van der Waals surface area contributed by atoms with Crippen LogP contribution in [0.1, 0.15) is 122 Å². The Kier molecular flexibility index (Phi) is 15.9. The zero-order valence-corrected chi connectivity index (χ0v) is 18.8. The van der Waals surface area contributed by atoms with Crippen molar-refractivity contribution < 1.29 is 9.84 Å². The van der Waals surface area contributed by atoms with E-state index in [2.05, 4.69) is 13.8 Å². The van der Waals surface area contributed by atoms with Gasteiger partial charge in [-0.25, -0.2) is 0 Å². The van der Waals surface area contributed by atoms with Gasteiger partial charge in [-0.3, -0.25) is 0 Å². The molecular formula is C26H46O2. The van der Waals surface area contributed by atoms with E-state index >= 15 is 0 Å². The van der Waals surface area contributed by atoms with Crippen LogP contribution in [0, 0.1) is 0 Å². The number of benzene rings is 1. The minimum Gasteiger partial charge on any atom is -0.508 e. The molecule has 1 aromatic carbocycles. The Morgan fingerprint density at radius 2 is 1.14 bits per heavy atom. The molecule has 162 valence electrons. The van der Waals surface area contributed by atoms with Crippen molar-refractivity contribution in [2.75, 3.05) is 6.61 Å². The number of hydrogen-bond acceptors (Lipinski definition) is 2. The molecule has 0 saturated carbocycles. The zero-order chi connectivity index (χ0) is 20.3. The van der Waals surface area contributed by atoms with Crippen molar-refractivity contribution in [1.29, 1.82) is 0 Å². The van der Waals surface area contributed by atoms with Gasteiger partial charge in [0.15, 0.2) is 0 Å². The Morgan fingerprint density at radius 3 is 1.68 bits per heavy atom. The van der Waals surface area contributed by atoms with Crippen molar-refractivity contribution in [3.8, 4) is 11.5 Å². The van der Waals surface area contributed by atoms with Gasteiger partial charge >= 0.3 is 0 Å². The molecule has 0 atom stereocenters. The second kappa shape index (κ2) is 17.9. The van der Waals surface area contributed by atoms with Crippen molar-refractivity contribution in [3.05, 3.63) is 23.8 Å². The summed E-state index contributed by atoms with van der Waals surface area (Å²) in [6.07, 6.45) is 22.5. The summed E-state index contributed by atoms with van der Waals surface area (Å²) in [6.45, 7) is 5.21. The summed E-state index contributed by atoms with van der Waals surface area (Å²) < 4.78 is 5.75. The Labute approximate surface area is 175 Å². The van der Waals surface area contributed by atoms with Crippen molar-refractivity contribution in [2.24, 2.45) is 0 Å². The molecule has 0 amide bonds. The highest BCUT2D eigenvalue weighted by Gasteiger charge is 2.04. The fraction of sp³-hybridized carbons (Fsp3) is 0.769. The number of rotatable bonds is 19. The maximum Gasteiger partial charge on any atom is 0.119 e. The van der Waals surface area contributed by atoms with E-state index in [9.17, 15) is 5.11 Å². The van der Waals surface area contributed by atoms with Crippen LogP contribution < -0.4 is 4.74 Å². The number of hydrogen-bond donors (Lipinski definition) is 1. The first-order valence-corrected chi connectivity index (χ1v) is 12.2. The number of unbranched alkanes of at least 4 members (excludes halogenated alkanes) is 14. The molecule has 0 fully saturated rings. The van der Waals surface area contributed by atoms with E-state index in [1.165, 1.54) is 83.5 Å². The molecule has 0 aliphatic rings. The van der Waals surface area contributed by atoms with Crippen LogP contribution >= 0.6 is 0 Å². The number of phenols is 1. The van der Waals surface area contributed by atoms with Gasteiger partial charge in [0.2, 0.25) is 0 Å². The van der Waals surface area contributed by atoms with Gasteiger partial charge < -0.3 is 9.84 Å². The average Bonchev–Trinajstić information content (AvgIpc) is 2.70. The van der Waals surface area contributed by atoms with Crippen LogP contribution in [-0.4, -0.2) is 11.7 Å². The number of phenolic OH excluding ortho intramolecular Hbond substituents is 1. The highest BCUT2D eigenvalue weighted by molar-refractivity contribution is 5.39. The second-order valence-electron chi connectivity index (χ2n) is 8.34. The zero-order valence-electron chi connectivity index (χ0n) is 18.8. The summed E-state index contributed by atoms with van der Waals surface area (Å²) in [6, 6.07) is 5.67. The van der Waals surface area contributed by atoms with E-state index in [1.807, 2.05) is 12.1 Å².